The number of carbonyl (C=O) groups excluding carboxylic acids is 1. The molecule has 1 aliphatic rings. The van der Waals surface area contributed by atoms with Gasteiger partial charge in [-0.3, -0.25) is 4.79 Å². The van der Waals surface area contributed by atoms with Crippen molar-refractivity contribution in [2.75, 3.05) is 18.9 Å². The van der Waals surface area contributed by atoms with E-state index >= 15 is 0 Å². The molecule has 0 spiro atoms. The van der Waals surface area contributed by atoms with Crippen LogP contribution in [0.4, 0.5) is 5.82 Å². The summed E-state index contributed by atoms with van der Waals surface area (Å²) in [7, 11) is 0. The van der Waals surface area contributed by atoms with Crippen LogP contribution >= 0.6 is 0 Å². The van der Waals surface area contributed by atoms with E-state index in [4.69, 9.17) is 15.2 Å². The van der Waals surface area contributed by atoms with Crippen LogP contribution in [0.1, 0.15) is 15.9 Å². The lowest BCUT2D eigenvalue weighted by Crippen LogP contribution is -2.24. The standard InChI is InChI=1S/C15H15N3O3/c16-14-11(2-1-5-17-14)15(19)18-9-10-3-4-12-13(8-10)21-7-6-20-12/h1-5,8H,6-7,9H2,(H2,16,17)(H,18,19). The average molecular weight is 285 g/mol. The third-order valence-corrected chi connectivity index (χ3v) is 3.14. The smallest absolute Gasteiger partial charge is 0.255 e. The minimum absolute atomic E-state index is 0.220. The molecule has 0 radical (unpaired) electrons. The first kappa shape index (κ1) is 13.2. The SMILES string of the molecule is Nc1ncccc1C(=O)NCc1ccc2c(c1)OCCO2. The summed E-state index contributed by atoms with van der Waals surface area (Å²) >= 11 is 0. The van der Waals surface area contributed by atoms with Gasteiger partial charge in [0, 0.05) is 12.7 Å². The highest BCUT2D eigenvalue weighted by Gasteiger charge is 2.13. The van der Waals surface area contributed by atoms with Gasteiger partial charge in [-0.2, -0.15) is 0 Å². The first-order chi connectivity index (χ1) is 10.2. The highest BCUT2D eigenvalue weighted by Crippen LogP contribution is 2.30. The number of fused-ring (bicyclic) bond motifs is 1. The second-order valence-corrected chi connectivity index (χ2v) is 4.60. The van der Waals surface area contributed by atoms with E-state index < -0.39 is 0 Å². The Hall–Kier alpha value is -2.76. The molecule has 0 saturated heterocycles. The van der Waals surface area contributed by atoms with Crippen molar-refractivity contribution in [2.45, 2.75) is 6.54 Å². The molecule has 0 fully saturated rings. The van der Waals surface area contributed by atoms with Crippen LogP contribution in [-0.2, 0) is 6.54 Å². The van der Waals surface area contributed by atoms with Crippen molar-refractivity contribution in [3.05, 3.63) is 47.7 Å². The monoisotopic (exact) mass is 285 g/mol. The van der Waals surface area contributed by atoms with Crippen LogP contribution < -0.4 is 20.5 Å². The first-order valence-electron chi connectivity index (χ1n) is 6.61. The highest BCUT2D eigenvalue weighted by atomic mass is 16.6. The second kappa shape index (κ2) is 5.70. The molecule has 1 aromatic heterocycles. The van der Waals surface area contributed by atoms with Gasteiger partial charge in [-0.25, -0.2) is 4.98 Å². The van der Waals surface area contributed by atoms with Gasteiger partial charge >= 0.3 is 0 Å². The van der Waals surface area contributed by atoms with E-state index in [9.17, 15) is 4.79 Å². The van der Waals surface area contributed by atoms with Crippen LogP contribution in [0.25, 0.3) is 0 Å². The minimum atomic E-state index is -0.254. The number of amides is 1. The van der Waals surface area contributed by atoms with E-state index in [0.717, 1.165) is 11.3 Å². The molecule has 6 heteroatoms. The molecular weight excluding hydrogens is 270 g/mol. The number of ether oxygens (including phenoxy) is 2. The Bertz CT molecular complexity index is 673. The van der Waals surface area contributed by atoms with E-state index in [-0.39, 0.29) is 11.7 Å². The van der Waals surface area contributed by atoms with Crippen molar-refractivity contribution in [1.29, 1.82) is 0 Å². The number of hydrogen-bond donors (Lipinski definition) is 2. The largest absolute Gasteiger partial charge is 0.486 e. The predicted molar refractivity (Wildman–Crippen MR) is 77.3 cm³/mol. The number of nitrogens with zero attached hydrogens (tertiary/aromatic N) is 1. The number of benzene rings is 1. The Labute approximate surface area is 121 Å². The molecule has 0 aliphatic carbocycles. The van der Waals surface area contributed by atoms with E-state index in [1.54, 1.807) is 18.3 Å². The number of aromatic nitrogens is 1. The van der Waals surface area contributed by atoms with Gasteiger partial charge in [-0.1, -0.05) is 6.07 Å². The quantitative estimate of drug-likeness (QED) is 0.889. The van der Waals surface area contributed by atoms with Crippen molar-refractivity contribution in [3.63, 3.8) is 0 Å². The minimum Gasteiger partial charge on any atom is -0.486 e. The van der Waals surface area contributed by atoms with Gasteiger partial charge in [0.05, 0.1) is 5.56 Å². The lowest BCUT2D eigenvalue weighted by atomic mass is 10.2. The Morgan fingerprint density at radius 2 is 2.05 bits per heavy atom. The fraction of sp³-hybridized carbons (Fsp3) is 0.200. The van der Waals surface area contributed by atoms with Gasteiger partial charge in [0.1, 0.15) is 19.0 Å². The summed E-state index contributed by atoms with van der Waals surface area (Å²) in [6.07, 6.45) is 1.55. The van der Waals surface area contributed by atoms with E-state index in [1.807, 2.05) is 18.2 Å². The molecule has 1 aromatic carbocycles. The maximum absolute atomic E-state index is 12.0. The van der Waals surface area contributed by atoms with Crippen LogP contribution in [0.5, 0.6) is 11.5 Å². The number of carbonyl (C=O) groups is 1. The summed E-state index contributed by atoms with van der Waals surface area (Å²) in [6.45, 7) is 1.47. The number of hydrogen-bond acceptors (Lipinski definition) is 5. The van der Waals surface area contributed by atoms with Crippen molar-refractivity contribution in [1.82, 2.24) is 10.3 Å². The molecule has 3 rings (SSSR count). The molecule has 0 saturated carbocycles. The lowest BCUT2D eigenvalue weighted by Gasteiger charge is -2.19. The summed E-state index contributed by atoms with van der Waals surface area (Å²) in [5, 5.41) is 2.81. The van der Waals surface area contributed by atoms with Crippen LogP contribution in [0.15, 0.2) is 36.5 Å². The number of nitrogen functional groups attached to an aromatic ring is 1. The van der Waals surface area contributed by atoms with E-state index in [0.29, 0.717) is 31.1 Å². The number of pyridine rings is 1. The summed E-state index contributed by atoms with van der Waals surface area (Å²) in [5.74, 6) is 1.40. The van der Waals surface area contributed by atoms with Crippen LogP contribution in [-0.4, -0.2) is 24.1 Å². The molecule has 6 nitrogen and oxygen atoms in total. The zero-order valence-electron chi connectivity index (χ0n) is 11.3. The maximum atomic E-state index is 12.0. The molecule has 2 aromatic rings. The molecule has 3 N–H and O–H groups in total. The average Bonchev–Trinajstić information content (AvgIpc) is 2.53. The molecule has 21 heavy (non-hydrogen) atoms. The van der Waals surface area contributed by atoms with Crippen molar-refractivity contribution in [2.24, 2.45) is 0 Å². The van der Waals surface area contributed by atoms with Gasteiger partial charge in [0.15, 0.2) is 11.5 Å². The van der Waals surface area contributed by atoms with E-state index in [1.165, 1.54) is 0 Å². The fourth-order valence-electron chi connectivity index (χ4n) is 2.08. The molecule has 0 unspecified atom stereocenters. The normalized spacial score (nSPS) is 12.8. The topological polar surface area (TPSA) is 86.5 Å². The zero-order valence-corrected chi connectivity index (χ0v) is 11.3. The Morgan fingerprint density at radius 1 is 1.24 bits per heavy atom. The fourth-order valence-corrected chi connectivity index (χ4v) is 2.08. The Morgan fingerprint density at radius 3 is 2.86 bits per heavy atom. The van der Waals surface area contributed by atoms with E-state index in [2.05, 4.69) is 10.3 Å². The predicted octanol–water partition coefficient (Wildman–Crippen LogP) is 1.36. The second-order valence-electron chi connectivity index (χ2n) is 4.60. The maximum Gasteiger partial charge on any atom is 0.255 e. The van der Waals surface area contributed by atoms with Gasteiger partial charge < -0.3 is 20.5 Å². The highest BCUT2D eigenvalue weighted by molar-refractivity contribution is 5.98. The third kappa shape index (κ3) is 2.89. The van der Waals surface area contributed by atoms with Gasteiger partial charge in [-0.15, -0.1) is 0 Å². The number of nitrogens with one attached hydrogen (secondary N) is 1. The summed E-state index contributed by atoms with van der Waals surface area (Å²) < 4.78 is 11.0. The zero-order chi connectivity index (χ0) is 14.7. The first-order valence-corrected chi connectivity index (χ1v) is 6.61. The number of anilines is 1. The van der Waals surface area contributed by atoms with Crippen LogP contribution in [0.3, 0.4) is 0 Å². The van der Waals surface area contributed by atoms with Crippen molar-refractivity contribution >= 4 is 11.7 Å². The van der Waals surface area contributed by atoms with Gasteiger partial charge in [0.25, 0.3) is 5.91 Å². The summed E-state index contributed by atoms with van der Waals surface area (Å²) in [6, 6.07) is 8.91. The van der Waals surface area contributed by atoms with Crippen molar-refractivity contribution < 1.29 is 14.3 Å². The molecule has 2 heterocycles. The van der Waals surface area contributed by atoms with Crippen LogP contribution in [0.2, 0.25) is 0 Å². The number of rotatable bonds is 3. The molecular formula is C15H15N3O3. The molecule has 108 valence electrons. The number of nitrogens with two attached hydrogens (primary N) is 1. The molecule has 0 atom stereocenters. The lowest BCUT2D eigenvalue weighted by molar-refractivity contribution is 0.0951. The van der Waals surface area contributed by atoms with Crippen molar-refractivity contribution in [3.8, 4) is 11.5 Å². The Balaban J connectivity index is 1.68. The van der Waals surface area contributed by atoms with Crippen LogP contribution in [0, 0.1) is 0 Å². The summed E-state index contributed by atoms with van der Waals surface area (Å²) in [5.41, 5.74) is 6.97. The third-order valence-electron chi connectivity index (χ3n) is 3.14. The molecule has 0 bridgehead atoms. The van der Waals surface area contributed by atoms with Gasteiger partial charge in [-0.05, 0) is 29.8 Å². The van der Waals surface area contributed by atoms with Gasteiger partial charge in [0.2, 0.25) is 0 Å². The molecule has 1 aliphatic heterocycles. The Kier molecular flexibility index (Phi) is 3.59. The molecule has 1 amide bonds. The summed E-state index contributed by atoms with van der Waals surface area (Å²) in [4.78, 5) is 15.9.